The molecule has 1 fully saturated rings. The number of fused-ring (bicyclic) bond motifs is 3. The van der Waals surface area contributed by atoms with Crippen LogP contribution in [0.1, 0.15) is 37.4 Å². The Kier molecular flexibility index (Phi) is 6.79. The van der Waals surface area contributed by atoms with Crippen molar-refractivity contribution in [2.45, 2.75) is 32.6 Å². The maximum Gasteiger partial charge on any atom is 0.673 e. The molecular formula is C20H24BClF4N2O2. The summed E-state index contributed by atoms with van der Waals surface area (Å²) in [5, 5.41) is 1.98. The number of rotatable bonds is 2. The van der Waals surface area contributed by atoms with E-state index in [0.29, 0.717) is 0 Å². The number of nitrogens with zero attached hydrogens (tertiary/aromatic N) is 1. The Morgan fingerprint density at radius 2 is 1.90 bits per heavy atom. The lowest BCUT2D eigenvalue weighted by atomic mass is 9.77. The minimum absolute atomic E-state index is 0.121. The SMILES string of the molecule is COC(=O)C(C)C1CCc2c([nH]c3ccc(Cl)cc23)C1=[N+]1CCCC1.F[B-](F)(F)F. The quantitative estimate of drug-likeness (QED) is 0.302. The molecule has 4 nitrogen and oxygen atoms in total. The highest BCUT2D eigenvalue weighted by molar-refractivity contribution is 6.50. The molecule has 2 atom stereocenters. The van der Waals surface area contributed by atoms with Crippen molar-refractivity contribution in [3.05, 3.63) is 34.5 Å². The maximum atomic E-state index is 12.2. The molecule has 1 saturated heterocycles. The lowest BCUT2D eigenvalue weighted by Crippen LogP contribution is -2.38. The molecule has 0 saturated carbocycles. The lowest BCUT2D eigenvalue weighted by Gasteiger charge is -2.26. The summed E-state index contributed by atoms with van der Waals surface area (Å²) in [4.78, 5) is 15.8. The molecule has 1 aliphatic carbocycles. The molecule has 4 rings (SSSR count). The maximum absolute atomic E-state index is 12.2. The van der Waals surface area contributed by atoms with Crippen LogP contribution >= 0.6 is 11.6 Å². The number of carbonyl (C=O) groups excluding carboxylic acids is 1. The molecule has 0 bridgehead atoms. The molecule has 0 spiro atoms. The van der Waals surface area contributed by atoms with E-state index >= 15 is 0 Å². The molecule has 2 aliphatic rings. The van der Waals surface area contributed by atoms with Crippen molar-refractivity contribution >= 4 is 41.4 Å². The summed E-state index contributed by atoms with van der Waals surface area (Å²) in [7, 11) is -4.52. The Labute approximate surface area is 177 Å². The number of nitrogens with one attached hydrogen (secondary N) is 1. The Balaban J connectivity index is 0.000000461. The number of H-pyrrole nitrogens is 1. The molecule has 1 aromatic carbocycles. The van der Waals surface area contributed by atoms with Crippen LogP contribution in [0.15, 0.2) is 18.2 Å². The van der Waals surface area contributed by atoms with E-state index in [4.69, 9.17) is 16.3 Å². The fourth-order valence-corrected chi connectivity index (χ4v) is 4.68. The van der Waals surface area contributed by atoms with E-state index < -0.39 is 7.25 Å². The van der Waals surface area contributed by atoms with E-state index in [0.717, 1.165) is 36.5 Å². The number of methoxy groups -OCH3 is 1. The minimum atomic E-state index is -6.00. The first kappa shape index (κ1) is 22.7. The average Bonchev–Trinajstić information content (AvgIpc) is 3.32. The first-order chi connectivity index (χ1) is 14.1. The van der Waals surface area contributed by atoms with Crippen LogP contribution in [0.5, 0.6) is 0 Å². The monoisotopic (exact) mass is 446 g/mol. The van der Waals surface area contributed by atoms with E-state index in [-0.39, 0.29) is 17.8 Å². The highest BCUT2D eigenvalue weighted by atomic mass is 35.5. The van der Waals surface area contributed by atoms with Crippen molar-refractivity contribution in [1.82, 2.24) is 4.98 Å². The first-order valence-electron chi connectivity index (χ1n) is 9.97. The van der Waals surface area contributed by atoms with Crippen molar-refractivity contribution in [3.63, 3.8) is 0 Å². The van der Waals surface area contributed by atoms with Gasteiger partial charge in [-0.3, -0.25) is 4.79 Å². The second-order valence-electron chi connectivity index (χ2n) is 7.70. The van der Waals surface area contributed by atoms with Crippen LogP contribution in [-0.4, -0.2) is 48.7 Å². The van der Waals surface area contributed by atoms with Crippen molar-refractivity contribution < 1.29 is 31.4 Å². The highest BCUT2D eigenvalue weighted by Gasteiger charge is 2.41. The van der Waals surface area contributed by atoms with Crippen LogP contribution in [0, 0.1) is 11.8 Å². The van der Waals surface area contributed by atoms with E-state index in [9.17, 15) is 22.1 Å². The topological polar surface area (TPSA) is 45.1 Å². The molecule has 30 heavy (non-hydrogen) atoms. The number of halogens is 5. The third kappa shape index (κ3) is 4.99. The van der Waals surface area contributed by atoms with Gasteiger partial charge in [0.05, 0.1) is 18.9 Å². The molecule has 1 aliphatic heterocycles. The Hall–Kier alpha value is -2.03. The third-order valence-corrected chi connectivity index (χ3v) is 6.04. The summed E-state index contributed by atoms with van der Waals surface area (Å²) in [6.07, 6.45) is 4.35. The number of esters is 1. The third-order valence-electron chi connectivity index (χ3n) is 5.80. The fourth-order valence-electron chi connectivity index (χ4n) is 4.51. The van der Waals surface area contributed by atoms with Crippen molar-refractivity contribution in [2.75, 3.05) is 20.2 Å². The molecule has 2 unspecified atom stereocenters. The van der Waals surface area contributed by atoms with Gasteiger partial charge in [-0.1, -0.05) is 18.5 Å². The molecular weight excluding hydrogens is 422 g/mol. The second kappa shape index (κ2) is 9.00. The minimum Gasteiger partial charge on any atom is -0.469 e. The zero-order valence-corrected chi connectivity index (χ0v) is 17.6. The number of benzene rings is 1. The van der Waals surface area contributed by atoms with Gasteiger partial charge in [-0.15, -0.1) is 0 Å². The number of aryl methyl sites for hydroxylation is 1. The molecule has 164 valence electrons. The predicted octanol–water partition coefficient (Wildman–Crippen LogP) is 5.09. The van der Waals surface area contributed by atoms with Gasteiger partial charge >= 0.3 is 13.2 Å². The molecule has 1 N–H and O–H groups in total. The number of aromatic amines is 1. The van der Waals surface area contributed by atoms with Gasteiger partial charge < -0.3 is 27.0 Å². The lowest BCUT2D eigenvalue weighted by molar-refractivity contribution is -0.508. The van der Waals surface area contributed by atoms with Crippen LogP contribution in [0.3, 0.4) is 0 Å². The molecule has 0 radical (unpaired) electrons. The first-order valence-corrected chi connectivity index (χ1v) is 10.4. The largest absolute Gasteiger partial charge is 0.673 e. The van der Waals surface area contributed by atoms with Crippen molar-refractivity contribution in [2.24, 2.45) is 11.8 Å². The van der Waals surface area contributed by atoms with Crippen LogP contribution in [0.2, 0.25) is 5.02 Å². The fraction of sp³-hybridized carbons (Fsp3) is 0.500. The highest BCUT2D eigenvalue weighted by Crippen LogP contribution is 2.36. The number of hydrogen-bond acceptors (Lipinski definition) is 2. The van der Waals surface area contributed by atoms with Crippen LogP contribution < -0.4 is 0 Å². The van der Waals surface area contributed by atoms with Crippen LogP contribution in [0.4, 0.5) is 17.3 Å². The Morgan fingerprint density at radius 1 is 1.27 bits per heavy atom. The van der Waals surface area contributed by atoms with E-state index in [1.54, 1.807) is 0 Å². The second-order valence-corrected chi connectivity index (χ2v) is 8.14. The van der Waals surface area contributed by atoms with E-state index in [2.05, 4.69) is 21.7 Å². The molecule has 10 heteroatoms. The van der Waals surface area contributed by atoms with Gasteiger partial charge in [-0.2, -0.15) is 0 Å². The summed E-state index contributed by atoms with van der Waals surface area (Å²) >= 11 is 6.23. The van der Waals surface area contributed by atoms with Crippen LogP contribution in [-0.2, 0) is 16.0 Å². The molecule has 0 amide bonds. The van der Waals surface area contributed by atoms with E-state index in [1.165, 1.54) is 42.3 Å². The predicted molar refractivity (Wildman–Crippen MR) is 110 cm³/mol. The van der Waals surface area contributed by atoms with Crippen LogP contribution in [0.25, 0.3) is 10.9 Å². The van der Waals surface area contributed by atoms with E-state index in [1.807, 2.05) is 13.0 Å². The summed E-state index contributed by atoms with van der Waals surface area (Å²) in [5.74, 6) is -0.0605. The van der Waals surface area contributed by atoms with Gasteiger partial charge in [0.2, 0.25) is 5.71 Å². The molecule has 2 heterocycles. The van der Waals surface area contributed by atoms with Gasteiger partial charge in [0.25, 0.3) is 0 Å². The van der Waals surface area contributed by atoms with Crippen molar-refractivity contribution in [3.8, 4) is 0 Å². The number of hydrogen-bond donors (Lipinski definition) is 1. The summed E-state index contributed by atoms with van der Waals surface area (Å²) in [6, 6.07) is 6.03. The van der Waals surface area contributed by atoms with Gasteiger partial charge in [-0.25, -0.2) is 4.58 Å². The van der Waals surface area contributed by atoms with Gasteiger partial charge in [0, 0.05) is 28.8 Å². The van der Waals surface area contributed by atoms with Gasteiger partial charge in [0.1, 0.15) is 18.8 Å². The summed E-state index contributed by atoms with van der Waals surface area (Å²) in [6.45, 7) is 4.13. The molecule has 1 aromatic heterocycles. The zero-order chi connectivity index (χ0) is 22.1. The summed E-state index contributed by atoms with van der Waals surface area (Å²) in [5.41, 5.74) is 4.96. The summed E-state index contributed by atoms with van der Waals surface area (Å²) < 4.78 is 46.5. The van der Waals surface area contributed by atoms with Gasteiger partial charge in [0.15, 0.2) is 0 Å². The number of ether oxygens (including phenoxy) is 1. The number of carbonyl (C=O) groups is 1. The Morgan fingerprint density at radius 3 is 2.50 bits per heavy atom. The Bertz CT molecular complexity index is 960. The number of aromatic nitrogens is 1. The van der Waals surface area contributed by atoms with Crippen molar-refractivity contribution in [1.29, 1.82) is 0 Å². The smallest absolute Gasteiger partial charge is 0.469 e. The normalized spacial score (nSPS) is 19.9. The standard InChI is InChI=1S/C20H23ClN2O2.BF4/c1-12(20(24)25-2)14-6-7-15-16-11-13(21)5-8-17(16)22-18(15)19(14)23-9-3-4-10-23;2-1(3,4)5/h5,8,11-12,14H,3-4,6-7,9-10H2,1-2H3;/q;-1/p+1. The molecule has 2 aromatic rings. The average molecular weight is 447 g/mol. The van der Waals surface area contributed by atoms with Gasteiger partial charge in [-0.05, 0) is 36.6 Å². The zero-order valence-electron chi connectivity index (χ0n) is 16.9.